The highest BCUT2D eigenvalue weighted by atomic mass is 127. The average Bonchev–Trinajstić information content (AvgIpc) is 3.37. The molecule has 1 aliphatic carbocycles. The van der Waals surface area contributed by atoms with Gasteiger partial charge in [0.2, 0.25) is 0 Å². The van der Waals surface area contributed by atoms with Gasteiger partial charge in [0.1, 0.15) is 0 Å². The molecule has 1 unspecified atom stereocenters. The second-order valence-corrected chi connectivity index (χ2v) is 9.39. The smallest absolute Gasteiger partial charge is 0.193 e. The number of nitrogens with one attached hydrogen (secondary N) is 1. The molecule has 4 rings (SSSR count). The van der Waals surface area contributed by atoms with E-state index in [0.29, 0.717) is 0 Å². The summed E-state index contributed by atoms with van der Waals surface area (Å²) >= 11 is 3.62. The Kier molecular flexibility index (Phi) is 8.65. The van der Waals surface area contributed by atoms with E-state index in [9.17, 15) is 0 Å². The largest absolute Gasteiger partial charge is 0.379 e. The highest BCUT2D eigenvalue weighted by Gasteiger charge is 2.44. The monoisotopic (exact) mass is 576 g/mol. The quantitative estimate of drug-likeness (QED) is 0.318. The molecule has 162 valence electrons. The maximum Gasteiger partial charge on any atom is 0.193 e. The van der Waals surface area contributed by atoms with Gasteiger partial charge in [-0.3, -0.25) is 9.89 Å². The molecule has 1 aromatic carbocycles. The van der Waals surface area contributed by atoms with Crippen molar-refractivity contribution in [1.82, 2.24) is 15.1 Å². The first-order valence-corrected chi connectivity index (χ1v) is 11.6. The van der Waals surface area contributed by atoms with Gasteiger partial charge < -0.3 is 15.0 Å². The van der Waals surface area contributed by atoms with E-state index in [1.165, 1.54) is 31.4 Å². The lowest BCUT2D eigenvalue weighted by molar-refractivity contribution is 0.0315. The molecule has 0 spiro atoms. The normalized spacial score (nSPS) is 24.3. The van der Waals surface area contributed by atoms with Crippen molar-refractivity contribution in [2.45, 2.75) is 31.6 Å². The minimum Gasteiger partial charge on any atom is -0.379 e. The number of likely N-dealkylation sites (tertiary alicyclic amines) is 1. The van der Waals surface area contributed by atoms with Crippen LogP contribution in [0.4, 0.5) is 0 Å². The number of hydrogen-bond donors (Lipinski definition) is 1. The minimum atomic E-state index is 0. The van der Waals surface area contributed by atoms with Crippen molar-refractivity contribution >= 4 is 45.9 Å². The summed E-state index contributed by atoms with van der Waals surface area (Å²) in [7, 11) is 0. The fraction of sp³-hybridized carbons (Fsp3) is 0.682. The Bertz CT molecular complexity index is 691. The molecule has 3 aliphatic rings. The number of guanidine groups is 1. The number of morpholine rings is 1. The van der Waals surface area contributed by atoms with E-state index in [-0.39, 0.29) is 29.4 Å². The Balaban J connectivity index is 0.00000240. The van der Waals surface area contributed by atoms with Crippen molar-refractivity contribution < 1.29 is 4.74 Å². The molecule has 0 radical (unpaired) electrons. The van der Waals surface area contributed by atoms with Crippen LogP contribution < -0.4 is 5.32 Å². The minimum absolute atomic E-state index is 0. The average molecular weight is 577 g/mol. The summed E-state index contributed by atoms with van der Waals surface area (Å²) in [5, 5.41) is 3.55. The van der Waals surface area contributed by atoms with Crippen LogP contribution in [0.2, 0.25) is 0 Å². The van der Waals surface area contributed by atoms with Gasteiger partial charge in [0.05, 0.1) is 19.8 Å². The van der Waals surface area contributed by atoms with E-state index < -0.39 is 0 Å². The zero-order chi connectivity index (χ0) is 19.4. The first-order chi connectivity index (χ1) is 13.7. The molecule has 0 amide bonds. The third-order valence-corrected chi connectivity index (χ3v) is 6.86. The van der Waals surface area contributed by atoms with Crippen LogP contribution in [0, 0.1) is 5.92 Å². The van der Waals surface area contributed by atoms with E-state index in [2.05, 4.69) is 62.2 Å². The molecule has 2 heterocycles. The summed E-state index contributed by atoms with van der Waals surface area (Å²) in [6, 6.07) is 8.77. The van der Waals surface area contributed by atoms with Gasteiger partial charge in [-0.1, -0.05) is 28.1 Å². The number of ether oxygens (including phenoxy) is 1. The Morgan fingerprint density at radius 2 is 2.07 bits per heavy atom. The molecular weight excluding hydrogens is 543 g/mol. The molecule has 0 aromatic heterocycles. The van der Waals surface area contributed by atoms with Gasteiger partial charge >= 0.3 is 0 Å². The molecule has 2 saturated heterocycles. The van der Waals surface area contributed by atoms with Gasteiger partial charge in [-0.05, 0) is 49.8 Å². The van der Waals surface area contributed by atoms with Crippen molar-refractivity contribution in [3.63, 3.8) is 0 Å². The Morgan fingerprint density at radius 3 is 2.76 bits per heavy atom. The molecule has 7 heteroatoms. The number of rotatable bonds is 6. The highest BCUT2D eigenvalue weighted by molar-refractivity contribution is 14.0. The van der Waals surface area contributed by atoms with Crippen LogP contribution in [-0.2, 0) is 10.2 Å². The van der Waals surface area contributed by atoms with E-state index in [1.807, 2.05) is 0 Å². The van der Waals surface area contributed by atoms with E-state index in [0.717, 1.165) is 68.8 Å². The van der Waals surface area contributed by atoms with Crippen LogP contribution in [0.5, 0.6) is 0 Å². The van der Waals surface area contributed by atoms with Crippen molar-refractivity contribution in [3.8, 4) is 0 Å². The van der Waals surface area contributed by atoms with Crippen LogP contribution in [0.1, 0.15) is 31.7 Å². The molecular formula is C22H34BrIN4O. The molecule has 5 nitrogen and oxygen atoms in total. The number of halogens is 2. The van der Waals surface area contributed by atoms with Gasteiger partial charge in [0.15, 0.2) is 5.96 Å². The van der Waals surface area contributed by atoms with Crippen molar-refractivity contribution in [2.75, 3.05) is 59.0 Å². The summed E-state index contributed by atoms with van der Waals surface area (Å²) in [4.78, 5) is 10.1. The maximum atomic E-state index is 5.48. The van der Waals surface area contributed by atoms with Gasteiger partial charge in [0.25, 0.3) is 0 Å². The number of hydrogen-bond acceptors (Lipinski definition) is 3. The highest BCUT2D eigenvalue weighted by Crippen LogP contribution is 2.48. The molecule has 1 aromatic rings. The van der Waals surface area contributed by atoms with Gasteiger partial charge in [0, 0.05) is 49.2 Å². The van der Waals surface area contributed by atoms with Gasteiger partial charge in [-0.2, -0.15) is 0 Å². The summed E-state index contributed by atoms with van der Waals surface area (Å²) in [5.74, 6) is 1.84. The zero-order valence-corrected chi connectivity index (χ0v) is 21.3. The first kappa shape index (κ1) is 23.3. The zero-order valence-electron chi connectivity index (χ0n) is 17.4. The first-order valence-electron chi connectivity index (χ1n) is 10.8. The second-order valence-electron chi connectivity index (χ2n) is 8.47. The SMILES string of the molecule is CCNC(=NCC1(c2cccc(Br)c2)CC1)N1CCC(CN2CCOCC2)C1.I. The number of nitrogens with zero attached hydrogens (tertiary/aromatic N) is 3. The molecule has 1 atom stereocenters. The van der Waals surface area contributed by atoms with Crippen LogP contribution in [0.3, 0.4) is 0 Å². The molecule has 29 heavy (non-hydrogen) atoms. The third kappa shape index (κ3) is 6.08. The Morgan fingerprint density at radius 1 is 1.28 bits per heavy atom. The molecule has 1 saturated carbocycles. The van der Waals surface area contributed by atoms with Crippen LogP contribution >= 0.6 is 39.9 Å². The standard InChI is InChI=1S/C22H33BrN4O.HI/c1-2-24-21(25-17-22(7-8-22)19-4-3-5-20(23)14-19)27-9-6-18(16-27)15-26-10-12-28-13-11-26;/h3-5,14,18H,2,6-13,15-17H2,1H3,(H,24,25);1H. The van der Waals surface area contributed by atoms with Gasteiger partial charge in [-0.25, -0.2) is 0 Å². The Labute approximate surface area is 200 Å². The summed E-state index contributed by atoms with van der Waals surface area (Å²) in [6.45, 7) is 11.3. The summed E-state index contributed by atoms with van der Waals surface area (Å²) in [6.07, 6.45) is 3.75. The number of benzene rings is 1. The predicted octanol–water partition coefficient (Wildman–Crippen LogP) is 3.72. The topological polar surface area (TPSA) is 40.1 Å². The van der Waals surface area contributed by atoms with E-state index in [1.54, 1.807) is 0 Å². The predicted molar refractivity (Wildman–Crippen MR) is 133 cm³/mol. The van der Waals surface area contributed by atoms with Gasteiger partial charge in [-0.15, -0.1) is 24.0 Å². The van der Waals surface area contributed by atoms with E-state index in [4.69, 9.17) is 9.73 Å². The lowest BCUT2D eigenvalue weighted by Crippen LogP contribution is -2.42. The molecule has 0 bridgehead atoms. The molecule has 2 aliphatic heterocycles. The fourth-order valence-electron chi connectivity index (χ4n) is 4.48. The Hall–Kier alpha value is -0.380. The van der Waals surface area contributed by atoms with Crippen LogP contribution in [0.15, 0.2) is 33.7 Å². The lowest BCUT2D eigenvalue weighted by atomic mass is 9.96. The molecule has 3 fully saturated rings. The fourth-order valence-corrected chi connectivity index (χ4v) is 4.88. The maximum absolute atomic E-state index is 5.48. The summed E-state index contributed by atoms with van der Waals surface area (Å²) in [5.41, 5.74) is 1.67. The molecule has 1 N–H and O–H groups in total. The number of aliphatic imine (C=N–C) groups is 1. The lowest BCUT2D eigenvalue weighted by Gasteiger charge is -2.29. The third-order valence-electron chi connectivity index (χ3n) is 6.36. The van der Waals surface area contributed by atoms with Crippen LogP contribution in [0.25, 0.3) is 0 Å². The van der Waals surface area contributed by atoms with Crippen molar-refractivity contribution in [3.05, 3.63) is 34.3 Å². The van der Waals surface area contributed by atoms with Crippen molar-refractivity contribution in [1.29, 1.82) is 0 Å². The summed E-state index contributed by atoms with van der Waals surface area (Å²) < 4.78 is 6.65. The van der Waals surface area contributed by atoms with Crippen molar-refractivity contribution in [2.24, 2.45) is 10.9 Å². The second kappa shape index (κ2) is 10.8. The van der Waals surface area contributed by atoms with E-state index >= 15 is 0 Å². The van der Waals surface area contributed by atoms with Crippen LogP contribution in [-0.4, -0.2) is 74.8 Å².